The number of rotatable bonds is 0. The predicted octanol–water partition coefficient (Wildman–Crippen LogP) is 1.37. The first-order valence-electron chi connectivity index (χ1n) is 6.87. The molecule has 4 aliphatic carbocycles. The highest BCUT2D eigenvalue weighted by atomic mass is 15.1. The minimum atomic E-state index is 0.819. The molecule has 4 atom stereocenters. The molecule has 1 heterocycles. The zero-order chi connectivity index (χ0) is 9.83. The summed E-state index contributed by atoms with van der Waals surface area (Å²) in [6.07, 6.45) is 7.68. The van der Waals surface area contributed by atoms with Crippen LogP contribution in [0.15, 0.2) is 0 Å². The van der Waals surface area contributed by atoms with Crippen molar-refractivity contribution in [3.8, 4) is 0 Å². The van der Waals surface area contributed by atoms with Crippen molar-refractivity contribution in [3.63, 3.8) is 0 Å². The molecule has 4 bridgehead atoms. The molecule has 4 saturated carbocycles. The van der Waals surface area contributed by atoms with E-state index in [1.165, 1.54) is 38.8 Å². The van der Waals surface area contributed by atoms with Crippen molar-refractivity contribution in [3.05, 3.63) is 0 Å². The summed E-state index contributed by atoms with van der Waals surface area (Å²) in [6, 6.07) is 1.64. The fourth-order valence-corrected chi connectivity index (χ4v) is 5.19. The van der Waals surface area contributed by atoms with E-state index in [4.69, 9.17) is 0 Å². The molecule has 2 heteroatoms. The summed E-state index contributed by atoms with van der Waals surface area (Å²) >= 11 is 0. The van der Waals surface area contributed by atoms with Gasteiger partial charge in [0.2, 0.25) is 0 Å². The number of hydrogen-bond donors (Lipinski definition) is 2. The van der Waals surface area contributed by atoms with Gasteiger partial charge in [-0.25, -0.2) is 0 Å². The molecule has 15 heavy (non-hydrogen) atoms. The van der Waals surface area contributed by atoms with E-state index in [1.54, 1.807) is 6.42 Å². The fraction of sp³-hybridized carbons (Fsp3) is 1.00. The molecule has 5 rings (SSSR count). The molecule has 0 spiro atoms. The minimum Gasteiger partial charge on any atom is -0.311 e. The van der Waals surface area contributed by atoms with E-state index in [0.29, 0.717) is 0 Å². The van der Waals surface area contributed by atoms with Crippen molar-refractivity contribution in [2.75, 3.05) is 13.1 Å². The first kappa shape index (κ1) is 9.00. The van der Waals surface area contributed by atoms with E-state index < -0.39 is 0 Å². The number of hydrogen-bond acceptors (Lipinski definition) is 2. The Morgan fingerprint density at radius 1 is 0.600 bits per heavy atom. The third-order valence-corrected chi connectivity index (χ3v) is 5.50. The smallest absolute Gasteiger partial charge is 0.0252 e. The quantitative estimate of drug-likeness (QED) is 0.625. The van der Waals surface area contributed by atoms with Gasteiger partial charge >= 0.3 is 0 Å². The van der Waals surface area contributed by atoms with Crippen LogP contribution in [0.1, 0.15) is 32.1 Å². The molecule has 2 nitrogen and oxygen atoms in total. The third kappa shape index (κ3) is 1.31. The molecule has 84 valence electrons. The molecule has 2 unspecified atom stereocenters. The van der Waals surface area contributed by atoms with Crippen LogP contribution >= 0.6 is 0 Å². The van der Waals surface area contributed by atoms with Crippen LogP contribution in [0.2, 0.25) is 0 Å². The molecule has 5 fully saturated rings. The number of nitrogens with one attached hydrogen (secondary N) is 2. The minimum absolute atomic E-state index is 0.819. The van der Waals surface area contributed by atoms with Crippen LogP contribution in [-0.4, -0.2) is 25.2 Å². The van der Waals surface area contributed by atoms with Crippen LogP contribution in [0.3, 0.4) is 0 Å². The van der Waals surface area contributed by atoms with Gasteiger partial charge < -0.3 is 10.6 Å². The molecule has 1 saturated heterocycles. The van der Waals surface area contributed by atoms with Crippen LogP contribution in [0.5, 0.6) is 0 Å². The van der Waals surface area contributed by atoms with Gasteiger partial charge in [0.25, 0.3) is 0 Å². The second-order valence-electron chi connectivity index (χ2n) is 6.39. The normalized spacial score (nSPS) is 57.6. The Morgan fingerprint density at radius 2 is 1.07 bits per heavy atom. The van der Waals surface area contributed by atoms with Gasteiger partial charge in [-0.15, -0.1) is 0 Å². The lowest BCUT2D eigenvalue weighted by atomic mass is 9.67. The molecule has 0 aromatic rings. The van der Waals surface area contributed by atoms with E-state index in [2.05, 4.69) is 10.6 Å². The largest absolute Gasteiger partial charge is 0.311 e. The maximum atomic E-state index is 3.81. The Balaban J connectivity index is 1.70. The van der Waals surface area contributed by atoms with E-state index in [-0.39, 0.29) is 0 Å². The average Bonchev–Trinajstić information content (AvgIpc) is 2.43. The molecule has 2 N–H and O–H groups in total. The maximum Gasteiger partial charge on any atom is 0.0252 e. The SMILES string of the molecule is C1CN[C@H]2C3CC4CC(CC(C4)[C@H]2N1)C3. The Bertz CT molecular complexity index is 227. The van der Waals surface area contributed by atoms with Gasteiger partial charge in [-0.1, -0.05) is 0 Å². The summed E-state index contributed by atoms with van der Waals surface area (Å²) in [7, 11) is 0. The monoisotopic (exact) mass is 206 g/mol. The lowest BCUT2D eigenvalue weighted by molar-refractivity contribution is 0.128. The second kappa shape index (κ2) is 3.21. The highest BCUT2D eigenvalue weighted by molar-refractivity contribution is 5.05. The zero-order valence-corrected chi connectivity index (χ0v) is 9.41. The van der Waals surface area contributed by atoms with Crippen LogP contribution in [0, 0.1) is 23.7 Å². The highest BCUT2D eigenvalue weighted by Crippen LogP contribution is 2.51. The van der Waals surface area contributed by atoms with E-state index in [9.17, 15) is 0 Å². The van der Waals surface area contributed by atoms with Gasteiger partial charge in [-0.3, -0.25) is 0 Å². The highest BCUT2D eigenvalue weighted by Gasteiger charge is 2.48. The summed E-state index contributed by atoms with van der Waals surface area (Å²) in [6.45, 7) is 2.39. The van der Waals surface area contributed by atoms with E-state index in [0.717, 1.165) is 35.8 Å². The van der Waals surface area contributed by atoms with Crippen molar-refractivity contribution in [2.24, 2.45) is 23.7 Å². The standard InChI is InChI=1S/C13H22N2/c1-2-15-13-11-6-8-3-9(7-11)5-10(4-8)12(13)14-1/h8-15H,1-7H2/t8?,9?,10?,11?,12-,13+. The zero-order valence-electron chi connectivity index (χ0n) is 9.41. The predicted molar refractivity (Wildman–Crippen MR) is 60.6 cm³/mol. The van der Waals surface area contributed by atoms with Gasteiger partial charge in [0, 0.05) is 25.2 Å². The Kier molecular flexibility index (Phi) is 1.92. The van der Waals surface area contributed by atoms with Crippen molar-refractivity contribution < 1.29 is 0 Å². The molecular formula is C13H22N2. The molecule has 0 aromatic heterocycles. The summed E-state index contributed by atoms with van der Waals surface area (Å²) in [5, 5.41) is 7.62. The first-order chi connectivity index (χ1) is 7.40. The van der Waals surface area contributed by atoms with Crippen LogP contribution in [0.25, 0.3) is 0 Å². The molecule has 5 aliphatic rings. The van der Waals surface area contributed by atoms with Gasteiger partial charge in [0.1, 0.15) is 0 Å². The topological polar surface area (TPSA) is 24.1 Å². The molecule has 0 aromatic carbocycles. The van der Waals surface area contributed by atoms with Gasteiger partial charge in [-0.05, 0) is 55.8 Å². The summed E-state index contributed by atoms with van der Waals surface area (Å²) in [4.78, 5) is 0. The van der Waals surface area contributed by atoms with Crippen molar-refractivity contribution in [1.29, 1.82) is 0 Å². The van der Waals surface area contributed by atoms with Crippen molar-refractivity contribution >= 4 is 0 Å². The average molecular weight is 206 g/mol. The van der Waals surface area contributed by atoms with Gasteiger partial charge in [0.15, 0.2) is 0 Å². The van der Waals surface area contributed by atoms with Crippen molar-refractivity contribution in [2.45, 2.75) is 44.2 Å². The lowest BCUT2D eigenvalue weighted by Gasteiger charge is -2.38. The fourth-order valence-electron chi connectivity index (χ4n) is 5.19. The van der Waals surface area contributed by atoms with E-state index in [1.807, 2.05) is 0 Å². The lowest BCUT2D eigenvalue weighted by Crippen LogP contribution is -2.60. The third-order valence-electron chi connectivity index (χ3n) is 5.50. The Labute approximate surface area is 92.2 Å². The molecule has 1 aliphatic heterocycles. The molecule has 0 amide bonds. The molecular weight excluding hydrogens is 184 g/mol. The summed E-state index contributed by atoms with van der Waals surface area (Å²) in [5.74, 6) is 4.17. The van der Waals surface area contributed by atoms with Gasteiger partial charge in [0.05, 0.1) is 0 Å². The van der Waals surface area contributed by atoms with Gasteiger partial charge in [-0.2, -0.15) is 0 Å². The Hall–Kier alpha value is -0.0800. The first-order valence-corrected chi connectivity index (χ1v) is 6.87. The van der Waals surface area contributed by atoms with Crippen LogP contribution in [0.4, 0.5) is 0 Å². The van der Waals surface area contributed by atoms with Crippen LogP contribution < -0.4 is 10.6 Å². The summed E-state index contributed by atoms with van der Waals surface area (Å²) < 4.78 is 0. The summed E-state index contributed by atoms with van der Waals surface area (Å²) in [5.41, 5.74) is 0. The van der Waals surface area contributed by atoms with Crippen LogP contribution in [-0.2, 0) is 0 Å². The second-order valence-corrected chi connectivity index (χ2v) is 6.39. The van der Waals surface area contributed by atoms with E-state index >= 15 is 0 Å². The van der Waals surface area contributed by atoms with Crippen molar-refractivity contribution in [1.82, 2.24) is 10.6 Å². The maximum absolute atomic E-state index is 3.81. The number of piperazine rings is 1. The Morgan fingerprint density at radius 3 is 1.53 bits per heavy atom. The molecule has 0 radical (unpaired) electrons.